The molecule has 24 heavy (non-hydrogen) atoms. The fourth-order valence-corrected chi connectivity index (χ4v) is 4.23. The molecule has 0 atom stereocenters. The van der Waals surface area contributed by atoms with E-state index < -0.39 is 0 Å². The van der Waals surface area contributed by atoms with Crippen LogP contribution in [0.25, 0.3) is 0 Å². The molecule has 0 aromatic carbocycles. The predicted molar refractivity (Wildman–Crippen MR) is 115 cm³/mol. The molecule has 0 aromatic rings. The molecule has 2 N–H and O–H groups in total. The fourth-order valence-electron chi connectivity index (χ4n) is 4.23. The van der Waals surface area contributed by atoms with Gasteiger partial charge in [0.2, 0.25) is 0 Å². The molecule has 5 heteroatoms. The van der Waals surface area contributed by atoms with Crippen molar-refractivity contribution >= 4 is 29.9 Å². The van der Waals surface area contributed by atoms with Gasteiger partial charge in [0.15, 0.2) is 5.96 Å². The molecule has 0 spiro atoms. The number of likely N-dealkylation sites (tertiary alicyclic amines) is 1. The zero-order valence-electron chi connectivity index (χ0n) is 16.2. The summed E-state index contributed by atoms with van der Waals surface area (Å²) in [6.45, 7) is 9.33. The third kappa shape index (κ3) is 7.06. The largest absolute Gasteiger partial charge is 0.356 e. The second-order valence-electron chi connectivity index (χ2n) is 8.34. The lowest BCUT2D eigenvalue weighted by atomic mass is 9.64. The van der Waals surface area contributed by atoms with Crippen LogP contribution in [0.4, 0.5) is 0 Å². The molecule has 2 rings (SSSR count). The van der Waals surface area contributed by atoms with E-state index in [1.807, 2.05) is 7.05 Å². The van der Waals surface area contributed by atoms with Gasteiger partial charge in [-0.05, 0) is 75.9 Å². The van der Waals surface area contributed by atoms with E-state index in [9.17, 15) is 0 Å². The molecule has 1 aliphatic heterocycles. The summed E-state index contributed by atoms with van der Waals surface area (Å²) in [5, 5.41) is 7.12. The van der Waals surface area contributed by atoms with Crippen molar-refractivity contribution in [2.75, 3.05) is 40.3 Å². The summed E-state index contributed by atoms with van der Waals surface area (Å²) in [6, 6.07) is 0. The van der Waals surface area contributed by atoms with Crippen molar-refractivity contribution in [2.24, 2.45) is 22.2 Å². The first kappa shape index (κ1) is 22.0. The quantitative estimate of drug-likeness (QED) is 0.353. The molecule has 2 aliphatic rings. The van der Waals surface area contributed by atoms with Crippen LogP contribution in [0, 0.1) is 17.3 Å². The van der Waals surface area contributed by atoms with Crippen molar-refractivity contribution in [3.8, 4) is 0 Å². The van der Waals surface area contributed by atoms with Gasteiger partial charge in [-0.2, -0.15) is 0 Å². The maximum atomic E-state index is 4.41. The fraction of sp³-hybridized carbons (Fsp3) is 0.947. The highest BCUT2D eigenvalue weighted by atomic mass is 127. The average Bonchev–Trinajstić information content (AvgIpc) is 2.49. The van der Waals surface area contributed by atoms with E-state index in [4.69, 9.17) is 0 Å². The second kappa shape index (κ2) is 10.8. The van der Waals surface area contributed by atoms with Gasteiger partial charge in [-0.3, -0.25) is 4.99 Å². The van der Waals surface area contributed by atoms with Gasteiger partial charge in [0.05, 0.1) is 0 Å². The minimum absolute atomic E-state index is 0. The molecule has 1 heterocycles. The minimum atomic E-state index is 0. The second-order valence-corrected chi connectivity index (χ2v) is 8.34. The standard InChI is InChI=1S/C19H38N4.HI/c1-16(2)14-19(9-5-10-19)15-22-18(20-3)21-11-6-17-7-12-23(4)13-8-17;/h16-17H,5-15H2,1-4H3,(H2,20,21,22);1H. The maximum Gasteiger partial charge on any atom is 0.190 e. The van der Waals surface area contributed by atoms with Crippen molar-refractivity contribution in [3.05, 3.63) is 0 Å². The monoisotopic (exact) mass is 450 g/mol. The summed E-state index contributed by atoms with van der Waals surface area (Å²) in [5.41, 5.74) is 0.528. The Balaban J connectivity index is 0.00000288. The van der Waals surface area contributed by atoms with Crippen LogP contribution in [0.2, 0.25) is 0 Å². The van der Waals surface area contributed by atoms with Crippen LogP contribution in [0.5, 0.6) is 0 Å². The molecule has 0 aromatic heterocycles. The smallest absolute Gasteiger partial charge is 0.190 e. The Morgan fingerprint density at radius 2 is 1.88 bits per heavy atom. The molecule has 2 fully saturated rings. The van der Waals surface area contributed by atoms with Gasteiger partial charge >= 0.3 is 0 Å². The molecule has 1 saturated carbocycles. The van der Waals surface area contributed by atoms with E-state index in [0.29, 0.717) is 5.41 Å². The highest BCUT2D eigenvalue weighted by molar-refractivity contribution is 14.0. The zero-order valence-corrected chi connectivity index (χ0v) is 18.6. The highest BCUT2D eigenvalue weighted by Gasteiger charge is 2.37. The van der Waals surface area contributed by atoms with Gasteiger partial charge in [0.1, 0.15) is 0 Å². The van der Waals surface area contributed by atoms with Crippen LogP contribution < -0.4 is 10.6 Å². The van der Waals surface area contributed by atoms with Crippen LogP contribution in [-0.2, 0) is 0 Å². The Bertz CT molecular complexity index is 372. The van der Waals surface area contributed by atoms with Gasteiger partial charge in [-0.1, -0.05) is 20.3 Å². The van der Waals surface area contributed by atoms with Crippen LogP contribution in [0.3, 0.4) is 0 Å². The zero-order chi connectivity index (χ0) is 16.7. The Hall–Kier alpha value is -0.0400. The Morgan fingerprint density at radius 1 is 1.21 bits per heavy atom. The molecule has 1 aliphatic carbocycles. The van der Waals surface area contributed by atoms with Crippen LogP contribution in [0.15, 0.2) is 4.99 Å². The molecule has 1 saturated heterocycles. The molecular weight excluding hydrogens is 411 g/mol. The molecule has 0 unspecified atom stereocenters. The number of rotatable bonds is 7. The van der Waals surface area contributed by atoms with E-state index in [1.54, 1.807) is 0 Å². The van der Waals surface area contributed by atoms with E-state index >= 15 is 0 Å². The van der Waals surface area contributed by atoms with E-state index in [2.05, 4.69) is 41.4 Å². The number of piperidine rings is 1. The van der Waals surface area contributed by atoms with Crippen molar-refractivity contribution in [2.45, 2.75) is 58.8 Å². The topological polar surface area (TPSA) is 39.7 Å². The predicted octanol–water partition coefficient (Wildman–Crippen LogP) is 3.72. The van der Waals surface area contributed by atoms with Crippen molar-refractivity contribution in [1.29, 1.82) is 0 Å². The molecular formula is C19H39IN4. The van der Waals surface area contributed by atoms with E-state index in [-0.39, 0.29) is 24.0 Å². The summed E-state index contributed by atoms with van der Waals surface area (Å²) < 4.78 is 0. The van der Waals surface area contributed by atoms with Gasteiger partial charge in [0.25, 0.3) is 0 Å². The maximum absolute atomic E-state index is 4.41. The minimum Gasteiger partial charge on any atom is -0.356 e. The van der Waals surface area contributed by atoms with Crippen LogP contribution in [0.1, 0.15) is 58.8 Å². The molecule has 0 amide bonds. The number of aliphatic imine (C=N–C) groups is 1. The molecule has 4 nitrogen and oxygen atoms in total. The Morgan fingerprint density at radius 3 is 2.38 bits per heavy atom. The Labute approximate surface area is 166 Å². The van der Waals surface area contributed by atoms with Crippen molar-refractivity contribution in [1.82, 2.24) is 15.5 Å². The first-order chi connectivity index (χ1) is 11.0. The summed E-state index contributed by atoms with van der Waals surface area (Å²) in [5.74, 6) is 2.67. The van der Waals surface area contributed by atoms with Crippen LogP contribution >= 0.6 is 24.0 Å². The van der Waals surface area contributed by atoms with Gasteiger partial charge in [0, 0.05) is 20.1 Å². The third-order valence-electron chi connectivity index (χ3n) is 5.79. The van der Waals surface area contributed by atoms with Crippen molar-refractivity contribution < 1.29 is 0 Å². The van der Waals surface area contributed by atoms with Gasteiger partial charge in [-0.15, -0.1) is 24.0 Å². The SMILES string of the molecule is CN=C(NCCC1CCN(C)CC1)NCC1(CC(C)C)CCC1.I. The normalized spacial score (nSPS) is 22.0. The summed E-state index contributed by atoms with van der Waals surface area (Å²) in [4.78, 5) is 6.85. The first-order valence-corrected chi connectivity index (χ1v) is 9.66. The van der Waals surface area contributed by atoms with Gasteiger partial charge in [-0.25, -0.2) is 0 Å². The first-order valence-electron chi connectivity index (χ1n) is 9.66. The number of hydrogen-bond donors (Lipinski definition) is 2. The van der Waals surface area contributed by atoms with E-state index in [0.717, 1.165) is 30.9 Å². The lowest BCUT2D eigenvalue weighted by Gasteiger charge is -2.43. The summed E-state index contributed by atoms with van der Waals surface area (Å²) >= 11 is 0. The number of guanidine groups is 1. The third-order valence-corrected chi connectivity index (χ3v) is 5.79. The molecule has 0 radical (unpaired) electrons. The summed E-state index contributed by atoms with van der Waals surface area (Å²) in [7, 11) is 4.12. The van der Waals surface area contributed by atoms with Crippen molar-refractivity contribution in [3.63, 3.8) is 0 Å². The highest BCUT2D eigenvalue weighted by Crippen LogP contribution is 2.45. The summed E-state index contributed by atoms with van der Waals surface area (Å²) in [6.07, 6.45) is 9.47. The lowest BCUT2D eigenvalue weighted by molar-refractivity contribution is 0.104. The average molecular weight is 450 g/mol. The number of halogens is 1. The molecule has 0 bridgehead atoms. The number of nitrogens with zero attached hydrogens (tertiary/aromatic N) is 2. The Kier molecular flexibility index (Phi) is 9.94. The lowest BCUT2D eigenvalue weighted by Crippen LogP contribution is -2.47. The number of hydrogen-bond acceptors (Lipinski definition) is 2. The molecule has 142 valence electrons. The van der Waals surface area contributed by atoms with E-state index in [1.165, 1.54) is 58.0 Å². The van der Waals surface area contributed by atoms with Crippen LogP contribution in [-0.4, -0.2) is 51.1 Å². The number of nitrogens with one attached hydrogen (secondary N) is 2. The van der Waals surface area contributed by atoms with Gasteiger partial charge < -0.3 is 15.5 Å².